The van der Waals surface area contributed by atoms with Crippen LogP contribution in [0.1, 0.15) is 18.9 Å². The van der Waals surface area contributed by atoms with Gasteiger partial charge >= 0.3 is 0 Å². The van der Waals surface area contributed by atoms with E-state index in [1.807, 2.05) is 31.2 Å². The summed E-state index contributed by atoms with van der Waals surface area (Å²) >= 11 is 0. The van der Waals surface area contributed by atoms with Crippen molar-refractivity contribution < 1.29 is 19.1 Å². The van der Waals surface area contributed by atoms with E-state index in [1.165, 1.54) is 0 Å². The number of ether oxygens (including phenoxy) is 2. The number of aryl methyl sites for hydroxylation is 1. The largest absolute Gasteiger partial charge is 0.497 e. The van der Waals surface area contributed by atoms with Gasteiger partial charge in [-0.3, -0.25) is 9.59 Å². The van der Waals surface area contributed by atoms with Gasteiger partial charge in [0.2, 0.25) is 11.8 Å². The van der Waals surface area contributed by atoms with Crippen molar-refractivity contribution in [1.29, 1.82) is 0 Å². The lowest BCUT2D eigenvalue weighted by atomic mass is 10.1. The fourth-order valence-corrected chi connectivity index (χ4v) is 2.73. The lowest BCUT2D eigenvalue weighted by Gasteiger charge is -2.20. The van der Waals surface area contributed by atoms with Crippen molar-refractivity contribution in [2.24, 2.45) is 0 Å². The zero-order valence-corrected chi connectivity index (χ0v) is 16.0. The van der Waals surface area contributed by atoms with Gasteiger partial charge in [0.25, 0.3) is 0 Å². The van der Waals surface area contributed by atoms with Crippen LogP contribution >= 0.6 is 0 Å². The monoisotopic (exact) mass is 370 g/mol. The highest BCUT2D eigenvalue weighted by Crippen LogP contribution is 2.19. The fraction of sp³-hybridized carbons (Fsp3) is 0.333. The Morgan fingerprint density at radius 3 is 2.33 bits per heavy atom. The van der Waals surface area contributed by atoms with E-state index in [0.29, 0.717) is 25.1 Å². The minimum absolute atomic E-state index is 0.0211. The summed E-state index contributed by atoms with van der Waals surface area (Å²) < 4.78 is 10.4. The van der Waals surface area contributed by atoms with Crippen molar-refractivity contribution in [3.05, 3.63) is 54.1 Å². The molecule has 0 aliphatic carbocycles. The molecule has 27 heavy (non-hydrogen) atoms. The molecule has 0 fully saturated rings. The van der Waals surface area contributed by atoms with Crippen molar-refractivity contribution >= 4 is 17.5 Å². The predicted molar refractivity (Wildman–Crippen MR) is 105 cm³/mol. The van der Waals surface area contributed by atoms with E-state index < -0.39 is 0 Å². The summed E-state index contributed by atoms with van der Waals surface area (Å²) in [6, 6.07) is 14.7. The van der Waals surface area contributed by atoms with E-state index >= 15 is 0 Å². The first-order valence-corrected chi connectivity index (χ1v) is 8.91. The molecule has 0 spiro atoms. The molecule has 2 aromatic carbocycles. The van der Waals surface area contributed by atoms with Crippen LogP contribution in [-0.2, 0) is 16.0 Å². The second-order valence-electron chi connectivity index (χ2n) is 6.00. The summed E-state index contributed by atoms with van der Waals surface area (Å²) in [7, 11) is 3.20. The van der Waals surface area contributed by atoms with Crippen molar-refractivity contribution in [2.45, 2.75) is 19.8 Å². The summed E-state index contributed by atoms with van der Waals surface area (Å²) in [6.07, 6.45) is 0.892. The number of hydrogen-bond donors (Lipinski definition) is 1. The number of benzene rings is 2. The van der Waals surface area contributed by atoms with Crippen molar-refractivity contribution in [2.75, 3.05) is 32.6 Å². The molecule has 1 N–H and O–H groups in total. The molecule has 0 saturated carbocycles. The standard InChI is InChI=1S/C21H26N2O4/c1-4-23(15-20(24)22-17-10-12-18(26-2)13-11-17)21(25)14-9-16-7-5-6-8-19(16)27-3/h5-8,10-13H,4,9,14-15H2,1-3H3,(H,22,24). The number of nitrogens with zero attached hydrogens (tertiary/aromatic N) is 1. The van der Waals surface area contributed by atoms with E-state index in [0.717, 1.165) is 17.1 Å². The number of hydrogen-bond acceptors (Lipinski definition) is 4. The Labute approximate surface area is 160 Å². The van der Waals surface area contributed by atoms with Gasteiger partial charge in [0.15, 0.2) is 0 Å². The van der Waals surface area contributed by atoms with Crippen LogP contribution in [0.4, 0.5) is 5.69 Å². The Kier molecular flexibility index (Phi) is 7.67. The highest BCUT2D eigenvalue weighted by Gasteiger charge is 2.16. The van der Waals surface area contributed by atoms with Gasteiger partial charge in [-0.2, -0.15) is 0 Å². The molecular weight excluding hydrogens is 344 g/mol. The maximum atomic E-state index is 12.5. The molecule has 0 saturated heterocycles. The van der Waals surface area contributed by atoms with Gasteiger partial charge in [-0.05, 0) is 49.2 Å². The second kappa shape index (κ2) is 10.2. The highest BCUT2D eigenvalue weighted by atomic mass is 16.5. The Balaban J connectivity index is 1.88. The minimum atomic E-state index is -0.229. The zero-order valence-electron chi connectivity index (χ0n) is 16.0. The van der Waals surface area contributed by atoms with Crippen molar-refractivity contribution in [1.82, 2.24) is 4.90 Å². The van der Waals surface area contributed by atoms with E-state index in [-0.39, 0.29) is 18.4 Å². The summed E-state index contributed by atoms with van der Waals surface area (Å²) in [5.41, 5.74) is 1.64. The maximum Gasteiger partial charge on any atom is 0.243 e. The number of likely N-dealkylation sites (N-methyl/N-ethyl adjacent to an activating group) is 1. The highest BCUT2D eigenvalue weighted by molar-refractivity contribution is 5.94. The molecule has 2 rings (SSSR count). The number of methoxy groups -OCH3 is 2. The molecule has 6 heteroatoms. The number of carbonyl (C=O) groups excluding carboxylic acids is 2. The molecule has 144 valence electrons. The second-order valence-corrected chi connectivity index (χ2v) is 6.00. The molecule has 0 radical (unpaired) electrons. The van der Waals surface area contributed by atoms with Gasteiger partial charge in [-0.15, -0.1) is 0 Å². The third-order valence-corrected chi connectivity index (χ3v) is 4.24. The van der Waals surface area contributed by atoms with Crippen molar-refractivity contribution in [3.63, 3.8) is 0 Å². The lowest BCUT2D eigenvalue weighted by Crippen LogP contribution is -2.38. The molecule has 0 aliphatic rings. The van der Waals surface area contributed by atoms with Crippen LogP contribution in [0.2, 0.25) is 0 Å². The number of carbonyl (C=O) groups is 2. The fourth-order valence-electron chi connectivity index (χ4n) is 2.73. The normalized spacial score (nSPS) is 10.2. The maximum absolute atomic E-state index is 12.5. The third kappa shape index (κ3) is 6.02. The first kappa shape index (κ1) is 20.3. The smallest absolute Gasteiger partial charge is 0.243 e. The molecule has 0 unspecified atom stereocenters. The Hall–Kier alpha value is -3.02. The van der Waals surface area contributed by atoms with Crippen LogP contribution in [0.25, 0.3) is 0 Å². The topological polar surface area (TPSA) is 67.9 Å². The Bertz CT molecular complexity index is 759. The van der Waals surface area contributed by atoms with Crippen molar-refractivity contribution in [3.8, 4) is 11.5 Å². The summed E-state index contributed by atoms with van der Waals surface area (Å²) in [4.78, 5) is 26.3. The predicted octanol–water partition coefficient (Wildman–Crippen LogP) is 3.12. The number of para-hydroxylation sites is 1. The SMILES string of the molecule is CCN(CC(=O)Nc1ccc(OC)cc1)C(=O)CCc1ccccc1OC. The molecule has 6 nitrogen and oxygen atoms in total. The molecule has 0 aliphatic heterocycles. The quantitative estimate of drug-likeness (QED) is 0.736. The molecule has 0 atom stereocenters. The number of amides is 2. The van der Waals surface area contributed by atoms with Crippen LogP contribution in [-0.4, -0.2) is 44.0 Å². The van der Waals surface area contributed by atoms with Gasteiger partial charge < -0.3 is 19.7 Å². The van der Waals surface area contributed by atoms with E-state index in [4.69, 9.17) is 9.47 Å². The molecule has 2 amide bonds. The first-order chi connectivity index (χ1) is 13.1. The molecule has 0 heterocycles. The van der Waals surface area contributed by atoms with Crippen LogP contribution in [0, 0.1) is 0 Å². The lowest BCUT2D eigenvalue weighted by molar-refractivity contribution is -0.134. The summed E-state index contributed by atoms with van der Waals surface area (Å²) in [5.74, 6) is 1.20. The Morgan fingerprint density at radius 1 is 1.00 bits per heavy atom. The van der Waals surface area contributed by atoms with Crippen LogP contribution < -0.4 is 14.8 Å². The first-order valence-electron chi connectivity index (χ1n) is 8.91. The van der Waals surface area contributed by atoms with Crippen LogP contribution in [0.3, 0.4) is 0 Å². The zero-order chi connectivity index (χ0) is 19.6. The number of anilines is 1. The third-order valence-electron chi connectivity index (χ3n) is 4.24. The average molecular weight is 370 g/mol. The van der Waals surface area contributed by atoms with Gasteiger partial charge in [0, 0.05) is 18.7 Å². The summed E-state index contributed by atoms with van der Waals surface area (Å²) in [5, 5.41) is 2.80. The summed E-state index contributed by atoms with van der Waals surface area (Å²) in [6.45, 7) is 2.36. The number of rotatable bonds is 9. The van der Waals surface area contributed by atoms with Gasteiger partial charge in [-0.1, -0.05) is 18.2 Å². The van der Waals surface area contributed by atoms with E-state index in [2.05, 4.69) is 5.32 Å². The molecule has 0 bridgehead atoms. The number of nitrogens with one attached hydrogen (secondary N) is 1. The average Bonchev–Trinajstić information content (AvgIpc) is 2.70. The van der Waals surface area contributed by atoms with Gasteiger partial charge in [-0.25, -0.2) is 0 Å². The van der Waals surface area contributed by atoms with Crippen LogP contribution in [0.5, 0.6) is 11.5 Å². The van der Waals surface area contributed by atoms with Gasteiger partial charge in [0.05, 0.1) is 20.8 Å². The van der Waals surface area contributed by atoms with Gasteiger partial charge in [0.1, 0.15) is 11.5 Å². The minimum Gasteiger partial charge on any atom is -0.497 e. The molecule has 0 aromatic heterocycles. The van der Waals surface area contributed by atoms with Crippen LogP contribution in [0.15, 0.2) is 48.5 Å². The van der Waals surface area contributed by atoms with E-state index in [9.17, 15) is 9.59 Å². The molecular formula is C21H26N2O4. The van der Waals surface area contributed by atoms with E-state index in [1.54, 1.807) is 43.4 Å². The Morgan fingerprint density at radius 2 is 1.70 bits per heavy atom. The molecule has 2 aromatic rings.